The minimum atomic E-state index is -0.0545. The van der Waals surface area contributed by atoms with E-state index in [2.05, 4.69) is 25.2 Å². The molecule has 1 aromatic carbocycles. The molecule has 1 atom stereocenters. The lowest BCUT2D eigenvalue weighted by Crippen LogP contribution is -2.51. The summed E-state index contributed by atoms with van der Waals surface area (Å²) in [5, 5.41) is 3.33. The number of furan rings is 1. The lowest BCUT2D eigenvalue weighted by atomic mass is 10.1. The number of carbonyl (C=O) groups excluding carboxylic acids is 1. The average molecular weight is 365 g/mol. The highest BCUT2D eigenvalue weighted by Gasteiger charge is 2.23. The smallest absolute Gasteiger partial charge is 0.289 e. The molecule has 1 unspecified atom stereocenters. The maximum Gasteiger partial charge on any atom is 0.289 e. The van der Waals surface area contributed by atoms with E-state index in [0.717, 1.165) is 17.9 Å². The molecule has 1 N–H and O–H groups in total. The highest BCUT2D eigenvalue weighted by atomic mass is 35.5. The van der Waals surface area contributed by atoms with Crippen LogP contribution in [0.15, 0.2) is 34.7 Å². The van der Waals surface area contributed by atoms with Gasteiger partial charge < -0.3 is 19.4 Å². The highest BCUT2D eigenvalue weighted by molar-refractivity contribution is 5.91. The maximum atomic E-state index is 12.5. The molecular formula is C19H25ClN2O3. The number of piperazine rings is 1. The molecule has 1 amide bonds. The standard InChI is InChI=1S/C19H24N2O3.ClH/c1-13-4-6-17(14(2)10-13)23-12-16-5-7-18(24-16)19(22)21-9-8-20-15(3)11-21;/h4-7,10,15,20H,8-9,11-12H2,1-3H3;1H. The monoisotopic (exact) mass is 364 g/mol. The van der Waals surface area contributed by atoms with Gasteiger partial charge in [-0.2, -0.15) is 0 Å². The van der Waals surface area contributed by atoms with Crippen LogP contribution in [0.1, 0.15) is 34.4 Å². The molecule has 1 aromatic heterocycles. The predicted molar refractivity (Wildman–Crippen MR) is 99.6 cm³/mol. The second-order valence-corrected chi connectivity index (χ2v) is 6.43. The number of nitrogens with one attached hydrogen (secondary N) is 1. The van der Waals surface area contributed by atoms with Crippen molar-refractivity contribution >= 4 is 18.3 Å². The molecule has 25 heavy (non-hydrogen) atoms. The van der Waals surface area contributed by atoms with E-state index in [1.165, 1.54) is 5.56 Å². The quantitative estimate of drug-likeness (QED) is 0.904. The lowest BCUT2D eigenvalue weighted by molar-refractivity contribution is 0.0673. The Labute approximate surface area is 154 Å². The van der Waals surface area contributed by atoms with Crippen molar-refractivity contribution in [3.63, 3.8) is 0 Å². The van der Waals surface area contributed by atoms with E-state index < -0.39 is 0 Å². The number of rotatable bonds is 4. The summed E-state index contributed by atoms with van der Waals surface area (Å²) >= 11 is 0. The first-order valence-electron chi connectivity index (χ1n) is 8.34. The molecule has 5 nitrogen and oxygen atoms in total. The van der Waals surface area contributed by atoms with E-state index in [0.29, 0.717) is 37.3 Å². The third-order valence-electron chi connectivity index (χ3n) is 4.23. The maximum absolute atomic E-state index is 12.5. The number of benzene rings is 1. The summed E-state index contributed by atoms with van der Waals surface area (Å²) in [6.07, 6.45) is 0. The number of halogens is 1. The highest BCUT2D eigenvalue weighted by Crippen LogP contribution is 2.21. The summed E-state index contributed by atoms with van der Waals surface area (Å²) in [4.78, 5) is 14.3. The summed E-state index contributed by atoms with van der Waals surface area (Å²) in [7, 11) is 0. The van der Waals surface area contributed by atoms with Gasteiger partial charge in [0.2, 0.25) is 0 Å². The molecule has 3 rings (SSSR count). The van der Waals surface area contributed by atoms with Crippen molar-refractivity contribution in [1.29, 1.82) is 0 Å². The molecule has 0 spiro atoms. The Balaban J connectivity index is 0.00000225. The third kappa shape index (κ3) is 4.77. The van der Waals surface area contributed by atoms with Gasteiger partial charge in [0, 0.05) is 25.7 Å². The molecule has 0 aliphatic carbocycles. The molecule has 136 valence electrons. The largest absolute Gasteiger partial charge is 0.485 e. The van der Waals surface area contributed by atoms with Crippen LogP contribution in [-0.4, -0.2) is 36.5 Å². The molecule has 2 aromatic rings. The average Bonchev–Trinajstić information content (AvgIpc) is 3.02. The number of ether oxygens (including phenoxy) is 1. The zero-order valence-corrected chi connectivity index (χ0v) is 15.7. The van der Waals surface area contributed by atoms with Gasteiger partial charge in [-0.15, -0.1) is 12.4 Å². The van der Waals surface area contributed by atoms with Crippen LogP contribution in [0, 0.1) is 13.8 Å². The van der Waals surface area contributed by atoms with E-state index >= 15 is 0 Å². The van der Waals surface area contributed by atoms with Gasteiger partial charge in [0.25, 0.3) is 5.91 Å². The zero-order valence-electron chi connectivity index (χ0n) is 14.9. The molecule has 1 fully saturated rings. The molecule has 0 saturated carbocycles. The second-order valence-electron chi connectivity index (χ2n) is 6.43. The molecular weight excluding hydrogens is 340 g/mol. The van der Waals surface area contributed by atoms with Crippen molar-refractivity contribution in [3.8, 4) is 5.75 Å². The van der Waals surface area contributed by atoms with Gasteiger partial charge in [-0.25, -0.2) is 0 Å². The van der Waals surface area contributed by atoms with Gasteiger partial charge in [-0.1, -0.05) is 17.7 Å². The summed E-state index contributed by atoms with van der Waals surface area (Å²) < 4.78 is 11.5. The molecule has 1 aliphatic heterocycles. The van der Waals surface area contributed by atoms with Gasteiger partial charge >= 0.3 is 0 Å². The molecule has 6 heteroatoms. The predicted octanol–water partition coefficient (Wildman–Crippen LogP) is 3.33. The number of nitrogens with zero attached hydrogens (tertiary/aromatic N) is 1. The van der Waals surface area contributed by atoms with Crippen molar-refractivity contribution in [1.82, 2.24) is 10.2 Å². The van der Waals surface area contributed by atoms with Crippen LogP contribution < -0.4 is 10.1 Å². The Morgan fingerprint density at radius 3 is 2.84 bits per heavy atom. The zero-order chi connectivity index (χ0) is 17.1. The van der Waals surface area contributed by atoms with E-state index in [-0.39, 0.29) is 18.3 Å². The molecule has 0 radical (unpaired) electrons. The van der Waals surface area contributed by atoms with Crippen molar-refractivity contribution in [2.24, 2.45) is 0 Å². The van der Waals surface area contributed by atoms with Crippen molar-refractivity contribution in [2.45, 2.75) is 33.4 Å². The van der Waals surface area contributed by atoms with Crippen molar-refractivity contribution in [2.75, 3.05) is 19.6 Å². The van der Waals surface area contributed by atoms with Gasteiger partial charge in [0.05, 0.1) is 0 Å². The first-order valence-corrected chi connectivity index (χ1v) is 8.34. The minimum Gasteiger partial charge on any atom is -0.485 e. The summed E-state index contributed by atoms with van der Waals surface area (Å²) in [5.74, 6) is 1.81. The van der Waals surface area contributed by atoms with Crippen LogP contribution in [-0.2, 0) is 6.61 Å². The third-order valence-corrected chi connectivity index (χ3v) is 4.23. The first kappa shape index (κ1) is 19.3. The van der Waals surface area contributed by atoms with Crippen LogP contribution in [0.4, 0.5) is 0 Å². The normalized spacial score (nSPS) is 17.1. The lowest BCUT2D eigenvalue weighted by Gasteiger charge is -2.31. The van der Waals surface area contributed by atoms with E-state index in [4.69, 9.17) is 9.15 Å². The molecule has 2 heterocycles. The Bertz CT molecular complexity index is 729. The van der Waals surface area contributed by atoms with Gasteiger partial charge in [0.15, 0.2) is 5.76 Å². The van der Waals surface area contributed by atoms with Crippen LogP contribution in [0.3, 0.4) is 0 Å². The fraction of sp³-hybridized carbons (Fsp3) is 0.421. The van der Waals surface area contributed by atoms with E-state index in [1.807, 2.05) is 30.0 Å². The van der Waals surface area contributed by atoms with Crippen LogP contribution in [0.5, 0.6) is 5.75 Å². The minimum absolute atomic E-state index is 0. The summed E-state index contributed by atoms with van der Waals surface area (Å²) in [6.45, 7) is 8.69. The molecule has 1 saturated heterocycles. The van der Waals surface area contributed by atoms with Crippen LogP contribution >= 0.6 is 12.4 Å². The Morgan fingerprint density at radius 1 is 1.32 bits per heavy atom. The van der Waals surface area contributed by atoms with Crippen LogP contribution in [0.2, 0.25) is 0 Å². The fourth-order valence-electron chi connectivity index (χ4n) is 2.95. The summed E-state index contributed by atoms with van der Waals surface area (Å²) in [5.41, 5.74) is 2.30. The SMILES string of the molecule is Cc1ccc(OCc2ccc(C(=O)N3CCNC(C)C3)o2)c(C)c1.Cl. The van der Waals surface area contributed by atoms with Gasteiger partial charge in [-0.3, -0.25) is 4.79 Å². The Kier molecular flexibility index (Phi) is 6.51. The molecule has 0 bridgehead atoms. The van der Waals surface area contributed by atoms with E-state index in [1.54, 1.807) is 6.07 Å². The second kappa shape index (κ2) is 8.41. The number of amides is 1. The van der Waals surface area contributed by atoms with E-state index in [9.17, 15) is 4.79 Å². The van der Waals surface area contributed by atoms with Crippen LogP contribution in [0.25, 0.3) is 0 Å². The number of carbonyl (C=O) groups is 1. The fourth-order valence-corrected chi connectivity index (χ4v) is 2.95. The Morgan fingerprint density at radius 2 is 2.12 bits per heavy atom. The number of hydrogen-bond acceptors (Lipinski definition) is 4. The number of aryl methyl sites for hydroxylation is 2. The van der Waals surface area contributed by atoms with Gasteiger partial charge in [0.1, 0.15) is 18.1 Å². The van der Waals surface area contributed by atoms with Crippen molar-refractivity contribution in [3.05, 3.63) is 53.0 Å². The summed E-state index contributed by atoms with van der Waals surface area (Å²) in [6, 6.07) is 9.91. The van der Waals surface area contributed by atoms with Gasteiger partial charge in [-0.05, 0) is 44.5 Å². The molecule has 1 aliphatic rings. The first-order chi connectivity index (χ1) is 11.5. The Hall–Kier alpha value is -1.98. The van der Waals surface area contributed by atoms with Crippen molar-refractivity contribution < 1.29 is 13.9 Å². The number of hydrogen-bond donors (Lipinski definition) is 1. The topological polar surface area (TPSA) is 54.7 Å².